The van der Waals surface area contributed by atoms with Gasteiger partial charge in [0.15, 0.2) is 0 Å². The third-order valence-electron chi connectivity index (χ3n) is 3.45. The SMILES string of the molecule is CCCCC(CN)NC(=O)c1ccccc1OCCN(C)C.Cl.Cl. The monoisotopic (exact) mass is 379 g/mol. The van der Waals surface area contributed by atoms with Crippen LogP contribution < -0.4 is 15.8 Å². The Balaban J connectivity index is 0. The van der Waals surface area contributed by atoms with Gasteiger partial charge in [-0.2, -0.15) is 0 Å². The van der Waals surface area contributed by atoms with Crippen LogP contribution >= 0.6 is 24.8 Å². The van der Waals surface area contributed by atoms with E-state index >= 15 is 0 Å². The zero-order chi connectivity index (χ0) is 16.4. The number of nitrogens with one attached hydrogen (secondary N) is 1. The van der Waals surface area contributed by atoms with Crippen molar-refractivity contribution >= 4 is 30.7 Å². The summed E-state index contributed by atoms with van der Waals surface area (Å²) in [6.45, 7) is 3.93. The Morgan fingerprint density at radius 3 is 2.54 bits per heavy atom. The molecule has 0 aliphatic carbocycles. The van der Waals surface area contributed by atoms with Gasteiger partial charge in [0.25, 0.3) is 5.91 Å². The summed E-state index contributed by atoms with van der Waals surface area (Å²) in [5.41, 5.74) is 6.31. The van der Waals surface area contributed by atoms with Crippen molar-refractivity contribution in [2.24, 2.45) is 5.73 Å². The first-order valence-corrected chi connectivity index (χ1v) is 7.96. The zero-order valence-corrected chi connectivity index (χ0v) is 16.4. The lowest BCUT2D eigenvalue weighted by Gasteiger charge is -2.18. The summed E-state index contributed by atoms with van der Waals surface area (Å²) in [5.74, 6) is 0.500. The third kappa shape index (κ3) is 9.33. The van der Waals surface area contributed by atoms with Crippen molar-refractivity contribution in [1.29, 1.82) is 0 Å². The summed E-state index contributed by atoms with van der Waals surface area (Å²) in [7, 11) is 3.98. The lowest BCUT2D eigenvalue weighted by atomic mass is 10.1. The number of hydrogen-bond acceptors (Lipinski definition) is 4. The number of nitrogens with zero attached hydrogens (tertiary/aromatic N) is 1. The van der Waals surface area contributed by atoms with Gasteiger partial charge in [-0.3, -0.25) is 4.79 Å². The number of carbonyl (C=O) groups excluding carboxylic acids is 1. The van der Waals surface area contributed by atoms with Crippen molar-refractivity contribution in [2.45, 2.75) is 32.2 Å². The number of unbranched alkanes of at least 4 members (excludes halogenated alkanes) is 1. The van der Waals surface area contributed by atoms with Gasteiger partial charge in [-0.05, 0) is 32.6 Å². The van der Waals surface area contributed by atoms with Crippen LogP contribution in [0, 0.1) is 0 Å². The Kier molecular flexibility index (Phi) is 15.1. The van der Waals surface area contributed by atoms with E-state index in [2.05, 4.69) is 12.2 Å². The topological polar surface area (TPSA) is 67.6 Å². The maximum atomic E-state index is 12.4. The molecule has 0 saturated heterocycles. The molecule has 1 unspecified atom stereocenters. The summed E-state index contributed by atoms with van der Waals surface area (Å²) in [6.07, 6.45) is 3.06. The lowest BCUT2D eigenvalue weighted by Crippen LogP contribution is -2.40. The summed E-state index contributed by atoms with van der Waals surface area (Å²) < 4.78 is 5.73. The van der Waals surface area contributed by atoms with E-state index in [1.807, 2.05) is 37.2 Å². The van der Waals surface area contributed by atoms with Crippen LogP contribution in [0.5, 0.6) is 5.75 Å². The minimum absolute atomic E-state index is 0. The van der Waals surface area contributed by atoms with Gasteiger partial charge < -0.3 is 20.7 Å². The second-order valence-electron chi connectivity index (χ2n) is 5.70. The minimum Gasteiger partial charge on any atom is -0.491 e. The smallest absolute Gasteiger partial charge is 0.255 e. The predicted octanol–water partition coefficient (Wildman–Crippen LogP) is 2.72. The van der Waals surface area contributed by atoms with Crippen molar-refractivity contribution in [1.82, 2.24) is 10.2 Å². The number of carbonyl (C=O) groups is 1. The highest BCUT2D eigenvalue weighted by Gasteiger charge is 2.15. The highest BCUT2D eigenvalue weighted by atomic mass is 35.5. The van der Waals surface area contributed by atoms with E-state index in [0.29, 0.717) is 24.5 Å². The number of benzene rings is 1. The van der Waals surface area contributed by atoms with Crippen LogP contribution in [0.2, 0.25) is 0 Å². The number of halogens is 2. The predicted molar refractivity (Wildman–Crippen MR) is 105 cm³/mol. The maximum Gasteiger partial charge on any atom is 0.255 e. The van der Waals surface area contributed by atoms with Crippen molar-refractivity contribution in [3.05, 3.63) is 29.8 Å². The molecule has 1 rings (SSSR count). The molecule has 5 nitrogen and oxygen atoms in total. The van der Waals surface area contributed by atoms with Crippen LogP contribution in [0.25, 0.3) is 0 Å². The molecule has 0 spiro atoms. The van der Waals surface area contributed by atoms with Crippen molar-refractivity contribution in [3.63, 3.8) is 0 Å². The first-order chi connectivity index (χ1) is 10.6. The molecular weight excluding hydrogens is 349 g/mol. The number of rotatable bonds is 10. The second-order valence-corrected chi connectivity index (χ2v) is 5.70. The molecule has 1 atom stereocenters. The molecule has 0 bridgehead atoms. The van der Waals surface area contributed by atoms with Gasteiger partial charge >= 0.3 is 0 Å². The van der Waals surface area contributed by atoms with E-state index in [9.17, 15) is 4.79 Å². The number of para-hydroxylation sites is 1. The molecular formula is C17H31Cl2N3O2. The molecule has 0 aliphatic rings. The molecule has 0 radical (unpaired) electrons. The Labute approximate surface area is 158 Å². The van der Waals surface area contributed by atoms with E-state index < -0.39 is 0 Å². The number of amides is 1. The molecule has 0 aliphatic heterocycles. The van der Waals surface area contributed by atoms with E-state index in [4.69, 9.17) is 10.5 Å². The van der Waals surface area contributed by atoms with Gasteiger partial charge in [0.05, 0.1) is 5.56 Å². The van der Waals surface area contributed by atoms with Crippen LogP contribution in [0.15, 0.2) is 24.3 Å². The summed E-state index contributed by atoms with van der Waals surface area (Å²) in [5, 5.41) is 3.00. The molecule has 140 valence electrons. The molecule has 1 aromatic rings. The molecule has 0 heterocycles. The fourth-order valence-corrected chi connectivity index (χ4v) is 2.08. The summed E-state index contributed by atoms with van der Waals surface area (Å²) in [6, 6.07) is 7.35. The van der Waals surface area contributed by atoms with Gasteiger partial charge in [-0.15, -0.1) is 24.8 Å². The molecule has 3 N–H and O–H groups in total. The molecule has 1 amide bonds. The average Bonchev–Trinajstić information content (AvgIpc) is 2.51. The van der Waals surface area contributed by atoms with Crippen LogP contribution in [0.3, 0.4) is 0 Å². The van der Waals surface area contributed by atoms with Crippen LogP contribution in [0.1, 0.15) is 36.5 Å². The van der Waals surface area contributed by atoms with E-state index in [-0.39, 0.29) is 36.8 Å². The molecule has 0 saturated carbocycles. The summed E-state index contributed by atoms with van der Waals surface area (Å²) >= 11 is 0. The number of ether oxygens (including phenoxy) is 1. The molecule has 24 heavy (non-hydrogen) atoms. The van der Waals surface area contributed by atoms with Gasteiger partial charge in [-0.25, -0.2) is 0 Å². The third-order valence-corrected chi connectivity index (χ3v) is 3.45. The fourth-order valence-electron chi connectivity index (χ4n) is 2.08. The summed E-state index contributed by atoms with van der Waals surface area (Å²) in [4.78, 5) is 14.5. The molecule has 1 aromatic carbocycles. The van der Waals surface area contributed by atoms with Gasteiger partial charge in [0.2, 0.25) is 0 Å². The highest BCUT2D eigenvalue weighted by Crippen LogP contribution is 2.18. The highest BCUT2D eigenvalue weighted by molar-refractivity contribution is 5.97. The Bertz CT molecular complexity index is 459. The Hall–Kier alpha value is -1.01. The molecule has 0 aromatic heterocycles. The molecule has 7 heteroatoms. The largest absolute Gasteiger partial charge is 0.491 e. The zero-order valence-electron chi connectivity index (χ0n) is 14.8. The fraction of sp³-hybridized carbons (Fsp3) is 0.588. The maximum absolute atomic E-state index is 12.4. The van der Waals surface area contributed by atoms with E-state index in [1.54, 1.807) is 6.07 Å². The lowest BCUT2D eigenvalue weighted by molar-refractivity contribution is 0.0931. The van der Waals surface area contributed by atoms with Crippen molar-refractivity contribution < 1.29 is 9.53 Å². The number of hydrogen-bond donors (Lipinski definition) is 2. The average molecular weight is 380 g/mol. The Morgan fingerprint density at radius 2 is 1.96 bits per heavy atom. The number of likely N-dealkylation sites (N-methyl/N-ethyl adjacent to an activating group) is 1. The van der Waals surface area contributed by atoms with Gasteiger partial charge in [0, 0.05) is 19.1 Å². The van der Waals surface area contributed by atoms with Crippen LogP contribution in [-0.4, -0.2) is 50.6 Å². The van der Waals surface area contributed by atoms with Gasteiger partial charge in [-0.1, -0.05) is 31.9 Å². The first kappa shape index (κ1) is 25.2. The van der Waals surface area contributed by atoms with Crippen LogP contribution in [0.4, 0.5) is 0 Å². The Morgan fingerprint density at radius 1 is 1.29 bits per heavy atom. The standard InChI is InChI=1S/C17H29N3O2.2ClH/c1-4-5-8-14(13-18)19-17(21)15-9-6-7-10-16(15)22-12-11-20(2)3;;/h6-7,9-10,14H,4-5,8,11-13,18H2,1-3H3,(H,19,21);2*1H. The van der Waals surface area contributed by atoms with Crippen molar-refractivity contribution in [2.75, 3.05) is 33.8 Å². The number of nitrogens with two attached hydrogens (primary N) is 1. The quantitative estimate of drug-likeness (QED) is 0.655. The van der Waals surface area contributed by atoms with Crippen molar-refractivity contribution in [3.8, 4) is 5.75 Å². The molecule has 0 fully saturated rings. The second kappa shape index (κ2) is 14.3. The van der Waals surface area contributed by atoms with E-state index in [1.165, 1.54) is 0 Å². The van der Waals surface area contributed by atoms with E-state index in [0.717, 1.165) is 25.8 Å². The van der Waals surface area contributed by atoms with Crippen LogP contribution in [-0.2, 0) is 0 Å². The first-order valence-electron chi connectivity index (χ1n) is 7.96. The normalized spacial score (nSPS) is 11.2. The van der Waals surface area contributed by atoms with Gasteiger partial charge in [0.1, 0.15) is 12.4 Å². The minimum atomic E-state index is -0.119.